The molecule has 9 heteroatoms. The van der Waals surface area contributed by atoms with E-state index in [0.717, 1.165) is 12.1 Å². The van der Waals surface area contributed by atoms with Crippen LogP contribution < -0.4 is 4.72 Å². The normalized spacial score (nSPS) is 11.8. The lowest BCUT2D eigenvalue weighted by Gasteiger charge is -2.09. The molecular weight excluding hydrogens is 364 g/mol. The molecule has 0 saturated heterocycles. The lowest BCUT2D eigenvalue weighted by molar-refractivity contribution is 0.555. The minimum absolute atomic E-state index is 0.177. The van der Waals surface area contributed by atoms with Gasteiger partial charge in [0, 0.05) is 0 Å². The predicted molar refractivity (Wildman–Crippen MR) is 91.0 cm³/mol. The van der Waals surface area contributed by atoms with Crippen molar-refractivity contribution in [3.63, 3.8) is 0 Å². The monoisotopic (exact) mass is 375 g/mol. The van der Waals surface area contributed by atoms with Gasteiger partial charge in [-0.05, 0) is 48.5 Å². The molecule has 4 aromatic rings. The molecule has 0 saturated carbocycles. The second-order valence-corrected chi connectivity index (χ2v) is 7.13. The molecule has 0 fully saturated rings. The number of rotatable bonds is 4. The highest BCUT2D eigenvalue weighted by atomic mass is 32.2. The van der Waals surface area contributed by atoms with Crippen LogP contribution in [0.4, 0.5) is 14.5 Å². The van der Waals surface area contributed by atoms with Gasteiger partial charge in [0.1, 0.15) is 16.5 Å². The highest BCUT2D eigenvalue weighted by Gasteiger charge is 2.20. The zero-order valence-corrected chi connectivity index (χ0v) is 13.8. The number of fused-ring (bicyclic) bond motifs is 1. The van der Waals surface area contributed by atoms with Crippen LogP contribution in [0, 0.1) is 11.6 Å². The van der Waals surface area contributed by atoms with Crippen molar-refractivity contribution in [2.75, 3.05) is 4.72 Å². The molecule has 0 radical (unpaired) electrons. The highest BCUT2D eigenvalue weighted by molar-refractivity contribution is 7.92. The summed E-state index contributed by atoms with van der Waals surface area (Å²) in [4.78, 5) is 6.59. The van der Waals surface area contributed by atoms with E-state index in [4.69, 9.17) is 4.42 Å². The Hall–Kier alpha value is -3.20. The molecule has 2 aromatic heterocycles. The molecule has 0 aliphatic heterocycles. The van der Waals surface area contributed by atoms with Gasteiger partial charge in [0.05, 0.1) is 23.0 Å². The van der Waals surface area contributed by atoms with Crippen LogP contribution in [0.2, 0.25) is 0 Å². The molecule has 132 valence electrons. The van der Waals surface area contributed by atoms with Gasteiger partial charge in [-0.3, -0.25) is 4.72 Å². The van der Waals surface area contributed by atoms with Crippen LogP contribution in [-0.4, -0.2) is 18.4 Å². The summed E-state index contributed by atoms with van der Waals surface area (Å²) < 4.78 is 59.2. The second-order valence-electron chi connectivity index (χ2n) is 5.47. The Morgan fingerprint density at radius 1 is 1.08 bits per heavy atom. The van der Waals surface area contributed by atoms with E-state index in [-0.39, 0.29) is 5.69 Å². The summed E-state index contributed by atoms with van der Waals surface area (Å²) in [6.45, 7) is 0. The number of halogens is 2. The van der Waals surface area contributed by atoms with Crippen LogP contribution in [0.1, 0.15) is 0 Å². The Morgan fingerprint density at radius 2 is 1.92 bits per heavy atom. The summed E-state index contributed by atoms with van der Waals surface area (Å²) in [5, 5.41) is 0. The summed E-state index contributed by atoms with van der Waals surface area (Å²) in [5.41, 5.74) is 1.32. The third-order valence-corrected chi connectivity index (χ3v) is 5.07. The van der Waals surface area contributed by atoms with E-state index < -0.39 is 26.6 Å². The first-order chi connectivity index (χ1) is 12.4. The Morgan fingerprint density at radius 3 is 2.69 bits per heavy atom. The number of nitrogens with zero attached hydrogens (tertiary/aromatic N) is 1. The molecule has 0 aliphatic carbocycles. The van der Waals surface area contributed by atoms with Gasteiger partial charge in [-0.1, -0.05) is 0 Å². The maximum Gasteiger partial charge on any atom is 0.264 e. The van der Waals surface area contributed by atoms with Gasteiger partial charge in [0.25, 0.3) is 10.0 Å². The van der Waals surface area contributed by atoms with Crippen molar-refractivity contribution >= 4 is 26.7 Å². The number of hydrogen-bond donors (Lipinski definition) is 2. The number of sulfonamides is 1. The van der Waals surface area contributed by atoms with E-state index in [1.54, 1.807) is 18.2 Å². The lowest BCUT2D eigenvalue weighted by Crippen LogP contribution is -2.14. The number of hydrogen-bond acceptors (Lipinski definition) is 4. The molecule has 2 heterocycles. The number of anilines is 1. The summed E-state index contributed by atoms with van der Waals surface area (Å²) in [7, 11) is -4.29. The van der Waals surface area contributed by atoms with E-state index in [1.165, 1.54) is 18.4 Å². The van der Waals surface area contributed by atoms with Crippen molar-refractivity contribution in [2.24, 2.45) is 0 Å². The van der Waals surface area contributed by atoms with Crippen molar-refractivity contribution in [1.29, 1.82) is 0 Å². The van der Waals surface area contributed by atoms with Crippen molar-refractivity contribution in [3.05, 3.63) is 66.4 Å². The van der Waals surface area contributed by atoms with Crippen molar-refractivity contribution < 1.29 is 21.6 Å². The largest absolute Gasteiger partial charge is 0.461 e. The number of benzene rings is 2. The number of aromatic amines is 1. The fourth-order valence-electron chi connectivity index (χ4n) is 2.50. The molecule has 4 rings (SSSR count). The molecule has 2 N–H and O–H groups in total. The van der Waals surface area contributed by atoms with Crippen LogP contribution in [0.3, 0.4) is 0 Å². The van der Waals surface area contributed by atoms with E-state index in [9.17, 15) is 17.2 Å². The van der Waals surface area contributed by atoms with Crippen LogP contribution in [0.25, 0.3) is 22.6 Å². The van der Waals surface area contributed by atoms with Crippen molar-refractivity contribution in [1.82, 2.24) is 9.97 Å². The molecule has 26 heavy (non-hydrogen) atoms. The molecule has 0 unspecified atom stereocenters. The van der Waals surface area contributed by atoms with E-state index in [2.05, 4.69) is 14.7 Å². The quantitative estimate of drug-likeness (QED) is 0.566. The highest BCUT2D eigenvalue weighted by Crippen LogP contribution is 2.25. The molecule has 6 nitrogen and oxygen atoms in total. The summed E-state index contributed by atoms with van der Waals surface area (Å²) in [6, 6.07) is 10.3. The Bertz CT molecular complexity index is 1200. The third kappa shape index (κ3) is 2.92. The maximum atomic E-state index is 13.8. The molecule has 0 amide bonds. The molecule has 2 aromatic carbocycles. The molecular formula is C17H11F2N3O3S. The smallest absolute Gasteiger partial charge is 0.264 e. The summed E-state index contributed by atoms with van der Waals surface area (Å²) in [5.74, 6) is -0.869. The Kier molecular flexibility index (Phi) is 3.73. The maximum absolute atomic E-state index is 13.8. The topological polar surface area (TPSA) is 88.0 Å². The van der Waals surface area contributed by atoms with Gasteiger partial charge in [-0.15, -0.1) is 0 Å². The zero-order chi connectivity index (χ0) is 18.3. The van der Waals surface area contributed by atoms with Gasteiger partial charge in [-0.2, -0.15) is 0 Å². The first-order valence-corrected chi connectivity index (χ1v) is 8.92. The standard InChI is InChI=1S/C17H11F2N3O3S/c18-10-3-5-12(19)16(8-10)26(23,24)22-11-4-6-13-14(9-11)21-17(20-13)15-2-1-7-25-15/h1-9,22H,(H,20,21). The van der Waals surface area contributed by atoms with Crippen LogP contribution in [0.15, 0.2) is 64.1 Å². The predicted octanol–water partition coefficient (Wildman–Crippen LogP) is 3.90. The van der Waals surface area contributed by atoms with Gasteiger partial charge in [0.2, 0.25) is 0 Å². The van der Waals surface area contributed by atoms with E-state index >= 15 is 0 Å². The number of H-pyrrole nitrogens is 1. The van der Waals surface area contributed by atoms with E-state index in [1.807, 2.05) is 0 Å². The van der Waals surface area contributed by atoms with Crippen LogP contribution in [-0.2, 0) is 10.0 Å². The van der Waals surface area contributed by atoms with Crippen LogP contribution in [0.5, 0.6) is 0 Å². The van der Waals surface area contributed by atoms with Crippen molar-refractivity contribution in [3.8, 4) is 11.6 Å². The molecule has 0 aliphatic rings. The minimum Gasteiger partial charge on any atom is -0.461 e. The molecule has 0 bridgehead atoms. The summed E-state index contributed by atoms with van der Waals surface area (Å²) in [6.07, 6.45) is 1.51. The minimum atomic E-state index is -4.29. The number of imidazole rings is 1. The molecule has 0 spiro atoms. The average molecular weight is 375 g/mol. The first-order valence-electron chi connectivity index (χ1n) is 7.44. The second kappa shape index (κ2) is 5.95. The Labute approximate surface area is 146 Å². The van der Waals surface area contributed by atoms with Crippen molar-refractivity contribution in [2.45, 2.75) is 4.90 Å². The lowest BCUT2D eigenvalue weighted by atomic mass is 10.3. The van der Waals surface area contributed by atoms with E-state index in [0.29, 0.717) is 28.7 Å². The van der Waals surface area contributed by atoms with Gasteiger partial charge in [-0.25, -0.2) is 22.2 Å². The molecule has 0 atom stereocenters. The number of furan rings is 1. The number of nitrogens with one attached hydrogen (secondary N) is 2. The van der Waals surface area contributed by atoms with Gasteiger partial charge in [0.15, 0.2) is 11.6 Å². The van der Waals surface area contributed by atoms with Gasteiger partial charge >= 0.3 is 0 Å². The van der Waals surface area contributed by atoms with Crippen LogP contribution >= 0.6 is 0 Å². The fraction of sp³-hybridized carbons (Fsp3) is 0. The summed E-state index contributed by atoms with van der Waals surface area (Å²) >= 11 is 0. The zero-order valence-electron chi connectivity index (χ0n) is 13.0. The number of aromatic nitrogens is 2. The Balaban J connectivity index is 1.69. The SMILES string of the molecule is O=S(=O)(Nc1ccc2nc(-c3ccco3)[nH]c2c1)c1cc(F)ccc1F. The van der Waals surface area contributed by atoms with Gasteiger partial charge < -0.3 is 9.40 Å². The average Bonchev–Trinajstić information content (AvgIpc) is 3.25. The fourth-order valence-corrected chi connectivity index (χ4v) is 3.64. The third-order valence-electron chi connectivity index (χ3n) is 3.67. The first kappa shape index (κ1) is 16.3.